The van der Waals surface area contributed by atoms with Gasteiger partial charge in [-0.2, -0.15) is 8.78 Å². The second kappa shape index (κ2) is 10.2. The van der Waals surface area contributed by atoms with E-state index in [2.05, 4.69) is 9.73 Å². The van der Waals surface area contributed by atoms with Crippen LogP contribution in [0.25, 0.3) is 6.08 Å². The average Bonchev–Trinajstić information content (AvgIpc) is 3.13. The SMILES string of the molecule is CCOC(=O)C1=C(C)N=c2s/c(=C/c3cccc(OC)c3)c(=O)n2[C@H]1c1ccc(OC(F)F)cc1. The van der Waals surface area contributed by atoms with E-state index in [-0.39, 0.29) is 23.5 Å². The van der Waals surface area contributed by atoms with Crippen LogP contribution in [0.2, 0.25) is 0 Å². The molecule has 0 amide bonds. The molecule has 0 N–H and O–H groups in total. The minimum absolute atomic E-state index is 0.0347. The van der Waals surface area contributed by atoms with Gasteiger partial charge in [-0.1, -0.05) is 35.6 Å². The molecule has 0 unspecified atom stereocenters. The number of esters is 1. The first-order chi connectivity index (χ1) is 16.8. The summed E-state index contributed by atoms with van der Waals surface area (Å²) < 4.78 is 42.0. The van der Waals surface area contributed by atoms with E-state index in [0.717, 1.165) is 5.56 Å². The number of aromatic nitrogens is 1. The number of halogens is 2. The van der Waals surface area contributed by atoms with Gasteiger partial charge in [-0.05, 0) is 55.3 Å². The molecule has 0 radical (unpaired) electrons. The summed E-state index contributed by atoms with van der Waals surface area (Å²) in [5.41, 5.74) is 1.56. The number of carbonyl (C=O) groups excluding carboxylic acids is 1. The predicted octanol–water partition coefficient (Wildman–Crippen LogP) is 3.41. The van der Waals surface area contributed by atoms with E-state index in [1.165, 1.54) is 28.0 Å². The molecular formula is C25H22F2N2O5S. The van der Waals surface area contributed by atoms with Crippen molar-refractivity contribution in [3.8, 4) is 11.5 Å². The smallest absolute Gasteiger partial charge is 0.387 e. The van der Waals surface area contributed by atoms with Crippen molar-refractivity contribution in [3.63, 3.8) is 0 Å². The Hall–Kier alpha value is -3.79. The number of hydrogen-bond donors (Lipinski definition) is 0. The second-order valence-corrected chi connectivity index (χ2v) is 8.54. The van der Waals surface area contributed by atoms with Gasteiger partial charge >= 0.3 is 12.6 Å². The van der Waals surface area contributed by atoms with Crippen molar-refractivity contribution >= 4 is 23.4 Å². The molecule has 0 saturated heterocycles. The fraction of sp³-hybridized carbons (Fsp3) is 0.240. The zero-order chi connectivity index (χ0) is 25.1. The molecular weight excluding hydrogens is 478 g/mol. The molecule has 10 heteroatoms. The quantitative estimate of drug-likeness (QED) is 0.465. The van der Waals surface area contributed by atoms with Crippen LogP contribution in [0.5, 0.6) is 11.5 Å². The summed E-state index contributed by atoms with van der Waals surface area (Å²) in [6, 6.07) is 12.2. The maximum absolute atomic E-state index is 13.6. The van der Waals surface area contributed by atoms with Gasteiger partial charge in [0.15, 0.2) is 4.80 Å². The molecule has 0 spiro atoms. The Morgan fingerprint density at radius 3 is 2.60 bits per heavy atom. The largest absolute Gasteiger partial charge is 0.497 e. The van der Waals surface area contributed by atoms with Crippen LogP contribution in [0.4, 0.5) is 8.78 Å². The van der Waals surface area contributed by atoms with Crippen LogP contribution in [0, 0.1) is 0 Å². The molecule has 1 atom stereocenters. The molecule has 0 fully saturated rings. The average molecular weight is 501 g/mol. The molecule has 0 aliphatic carbocycles. The van der Waals surface area contributed by atoms with Gasteiger partial charge in [0.1, 0.15) is 11.5 Å². The zero-order valence-electron chi connectivity index (χ0n) is 19.2. The third kappa shape index (κ3) is 5.02. The number of hydrogen-bond acceptors (Lipinski definition) is 7. The van der Waals surface area contributed by atoms with E-state index in [1.54, 1.807) is 51.3 Å². The Bertz CT molecular complexity index is 1460. The van der Waals surface area contributed by atoms with Crippen LogP contribution in [0.3, 0.4) is 0 Å². The third-order valence-corrected chi connectivity index (χ3v) is 6.31. The monoisotopic (exact) mass is 500 g/mol. The molecule has 2 heterocycles. The van der Waals surface area contributed by atoms with E-state index in [1.807, 2.05) is 12.1 Å². The van der Waals surface area contributed by atoms with Gasteiger partial charge in [0.2, 0.25) is 0 Å². The fourth-order valence-electron chi connectivity index (χ4n) is 3.82. The van der Waals surface area contributed by atoms with Crippen molar-refractivity contribution in [1.29, 1.82) is 0 Å². The lowest BCUT2D eigenvalue weighted by Crippen LogP contribution is -2.39. The Morgan fingerprint density at radius 1 is 1.20 bits per heavy atom. The molecule has 0 bridgehead atoms. The Morgan fingerprint density at radius 2 is 1.94 bits per heavy atom. The number of fused-ring (bicyclic) bond motifs is 1. The van der Waals surface area contributed by atoms with E-state index in [9.17, 15) is 18.4 Å². The highest BCUT2D eigenvalue weighted by Gasteiger charge is 2.33. The Labute approximate surface area is 203 Å². The summed E-state index contributed by atoms with van der Waals surface area (Å²) in [5.74, 6) is 0.0113. The standard InChI is InChI=1S/C25H22F2N2O5S/c1-4-33-23(31)20-14(2)28-25-29(21(20)16-8-10-17(11-9-16)34-24(26)27)22(30)19(35-25)13-15-6-5-7-18(12-15)32-3/h5-13,21,24H,4H2,1-3H3/b19-13+/t21-/m0/s1. The highest BCUT2D eigenvalue weighted by molar-refractivity contribution is 7.07. The van der Waals surface area contributed by atoms with Gasteiger partial charge in [-0.25, -0.2) is 9.79 Å². The molecule has 1 aromatic heterocycles. The number of methoxy groups -OCH3 is 1. The van der Waals surface area contributed by atoms with E-state index in [0.29, 0.717) is 26.3 Å². The first-order valence-electron chi connectivity index (χ1n) is 10.7. The minimum atomic E-state index is -2.97. The van der Waals surface area contributed by atoms with Gasteiger partial charge in [0.25, 0.3) is 5.56 Å². The summed E-state index contributed by atoms with van der Waals surface area (Å²) in [7, 11) is 1.56. The molecule has 0 saturated carbocycles. The lowest BCUT2D eigenvalue weighted by molar-refractivity contribution is -0.139. The van der Waals surface area contributed by atoms with Crippen molar-refractivity contribution < 1.29 is 27.8 Å². The van der Waals surface area contributed by atoms with Gasteiger partial charge < -0.3 is 14.2 Å². The first kappa shape index (κ1) is 24.3. The summed E-state index contributed by atoms with van der Waals surface area (Å²) in [5, 5.41) is 0. The molecule has 182 valence electrons. The van der Waals surface area contributed by atoms with E-state index in [4.69, 9.17) is 9.47 Å². The lowest BCUT2D eigenvalue weighted by Gasteiger charge is -2.24. The fourth-order valence-corrected chi connectivity index (χ4v) is 4.87. The highest BCUT2D eigenvalue weighted by atomic mass is 32.1. The van der Waals surface area contributed by atoms with Crippen LogP contribution in [0.1, 0.15) is 31.0 Å². The molecule has 35 heavy (non-hydrogen) atoms. The van der Waals surface area contributed by atoms with Crippen LogP contribution in [0.15, 0.2) is 69.6 Å². The lowest BCUT2D eigenvalue weighted by atomic mass is 9.96. The van der Waals surface area contributed by atoms with Gasteiger partial charge in [0, 0.05) is 0 Å². The van der Waals surface area contributed by atoms with Crippen LogP contribution in [-0.2, 0) is 9.53 Å². The topological polar surface area (TPSA) is 79.1 Å². The number of alkyl halides is 2. The molecule has 7 nitrogen and oxygen atoms in total. The van der Waals surface area contributed by atoms with Crippen LogP contribution >= 0.6 is 11.3 Å². The number of rotatable bonds is 7. The number of carbonyl (C=O) groups is 1. The predicted molar refractivity (Wildman–Crippen MR) is 126 cm³/mol. The molecule has 2 aromatic carbocycles. The second-order valence-electron chi connectivity index (χ2n) is 7.53. The van der Waals surface area contributed by atoms with Gasteiger partial charge in [0.05, 0.1) is 35.6 Å². The normalized spacial score (nSPS) is 15.6. The number of thiazole rings is 1. The zero-order valence-corrected chi connectivity index (χ0v) is 20.0. The molecule has 4 rings (SSSR count). The number of ether oxygens (including phenoxy) is 3. The van der Waals surface area contributed by atoms with E-state index < -0.39 is 18.6 Å². The Kier molecular flexibility index (Phi) is 7.11. The van der Waals surface area contributed by atoms with Gasteiger partial charge in [-0.15, -0.1) is 0 Å². The minimum Gasteiger partial charge on any atom is -0.497 e. The van der Waals surface area contributed by atoms with Crippen LogP contribution in [-0.4, -0.2) is 30.9 Å². The van der Waals surface area contributed by atoms with Crippen molar-refractivity contribution in [2.24, 2.45) is 4.99 Å². The van der Waals surface area contributed by atoms with Crippen molar-refractivity contribution in [2.45, 2.75) is 26.5 Å². The number of benzene rings is 2. The molecule has 1 aliphatic heterocycles. The summed E-state index contributed by atoms with van der Waals surface area (Å²) in [6.45, 7) is 0.534. The van der Waals surface area contributed by atoms with Crippen molar-refractivity contribution in [2.75, 3.05) is 13.7 Å². The van der Waals surface area contributed by atoms with Crippen LogP contribution < -0.4 is 24.4 Å². The maximum Gasteiger partial charge on any atom is 0.387 e. The summed E-state index contributed by atoms with van der Waals surface area (Å²) in [4.78, 5) is 31.4. The van der Waals surface area contributed by atoms with E-state index >= 15 is 0 Å². The highest BCUT2D eigenvalue weighted by Crippen LogP contribution is 2.31. The van der Waals surface area contributed by atoms with Crippen molar-refractivity contribution in [1.82, 2.24) is 4.57 Å². The molecule has 3 aromatic rings. The first-order valence-corrected chi connectivity index (χ1v) is 11.5. The third-order valence-electron chi connectivity index (χ3n) is 5.33. The maximum atomic E-state index is 13.6. The summed E-state index contributed by atoms with van der Waals surface area (Å²) in [6.07, 6.45) is 1.73. The number of nitrogens with zero attached hydrogens (tertiary/aromatic N) is 2. The van der Waals surface area contributed by atoms with Gasteiger partial charge in [-0.3, -0.25) is 9.36 Å². The van der Waals surface area contributed by atoms with Crippen molar-refractivity contribution in [3.05, 3.63) is 90.6 Å². The summed E-state index contributed by atoms with van der Waals surface area (Å²) >= 11 is 1.19. The number of allylic oxidation sites excluding steroid dienone is 1. The molecule has 1 aliphatic rings. The Balaban J connectivity index is 1.89.